The van der Waals surface area contributed by atoms with Crippen molar-refractivity contribution in [2.45, 2.75) is 6.04 Å². The number of benzene rings is 1. The van der Waals surface area contributed by atoms with Crippen molar-refractivity contribution in [2.75, 3.05) is 21.3 Å². The van der Waals surface area contributed by atoms with Crippen molar-refractivity contribution in [3.63, 3.8) is 0 Å². The highest BCUT2D eigenvalue weighted by Crippen LogP contribution is 2.33. The maximum atomic E-state index is 6.28. The van der Waals surface area contributed by atoms with Crippen molar-refractivity contribution >= 4 is 11.3 Å². The minimum absolute atomic E-state index is 0.224. The number of thiophene rings is 1. The molecule has 0 bridgehead atoms. The molecule has 5 heteroatoms. The van der Waals surface area contributed by atoms with Crippen LogP contribution in [0.15, 0.2) is 29.6 Å². The molecule has 2 N–H and O–H groups in total. The van der Waals surface area contributed by atoms with Gasteiger partial charge >= 0.3 is 0 Å². The van der Waals surface area contributed by atoms with Crippen molar-refractivity contribution in [1.29, 1.82) is 0 Å². The second-order valence-electron chi connectivity index (χ2n) is 4.01. The molecule has 4 nitrogen and oxygen atoms in total. The van der Waals surface area contributed by atoms with E-state index in [2.05, 4.69) is 0 Å². The predicted octanol–water partition coefficient (Wildman–Crippen LogP) is 2.82. The quantitative estimate of drug-likeness (QED) is 0.914. The standard InChI is InChI=1S/C14H17NO3S/c1-16-10-4-9(5-11(6-10)17-2)14(15)13-7-12(18-3)8-19-13/h4-8,14H,15H2,1-3H3. The lowest BCUT2D eigenvalue weighted by Crippen LogP contribution is -2.10. The summed E-state index contributed by atoms with van der Waals surface area (Å²) in [7, 11) is 4.89. The van der Waals surface area contributed by atoms with E-state index in [0.717, 1.165) is 27.7 Å². The molecule has 1 heterocycles. The van der Waals surface area contributed by atoms with Gasteiger partial charge in [-0.15, -0.1) is 11.3 Å². The predicted molar refractivity (Wildman–Crippen MR) is 76.4 cm³/mol. The van der Waals surface area contributed by atoms with Gasteiger partial charge in [0.05, 0.1) is 27.4 Å². The number of hydrogen-bond acceptors (Lipinski definition) is 5. The van der Waals surface area contributed by atoms with Crippen LogP contribution in [0.5, 0.6) is 17.2 Å². The van der Waals surface area contributed by atoms with Crippen molar-refractivity contribution in [3.05, 3.63) is 40.1 Å². The Balaban J connectivity index is 2.34. The molecule has 0 aliphatic heterocycles. The number of nitrogens with two attached hydrogens (primary N) is 1. The van der Waals surface area contributed by atoms with Gasteiger partial charge in [0.15, 0.2) is 0 Å². The Morgan fingerprint density at radius 1 is 0.895 bits per heavy atom. The van der Waals surface area contributed by atoms with Crippen LogP contribution in [0.1, 0.15) is 16.5 Å². The summed E-state index contributed by atoms with van der Waals surface area (Å²) in [5, 5.41) is 1.94. The second kappa shape index (κ2) is 5.95. The minimum atomic E-state index is -0.224. The van der Waals surface area contributed by atoms with E-state index >= 15 is 0 Å². The van der Waals surface area contributed by atoms with E-state index in [-0.39, 0.29) is 6.04 Å². The Labute approximate surface area is 116 Å². The molecule has 0 aliphatic rings. The molecule has 1 unspecified atom stereocenters. The first-order valence-electron chi connectivity index (χ1n) is 5.79. The molecule has 2 aromatic rings. The summed E-state index contributed by atoms with van der Waals surface area (Å²) < 4.78 is 15.7. The fourth-order valence-electron chi connectivity index (χ4n) is 1.78. The Morgan fingerprint density at radius 2 is 1.47 bits per heavy atom. The molecule has 0 spiro atoms. The number of ether oxygens (including phenoxy) is 3. The molecule has 1 aromatic carbocycles. The zero-order valence-electron chi connectivity index (χ0n) is 11.2. The van der Waals surface area contributed by atoms with Gasteiger partial charge in [-0.2, -0.15) is 0 Å². The SMILES string of the molecule is COc1cc(OC)cc(C(N)c2cc(OC)cs2)c1. The lowest BCUT2D eigenvalue weighted by molar-refractivity contribution is 0.393. The molecular weight excluding hydrogens is 262 g/mol. The molecular formula is C14H17NO3S. The van der Waals surface area contributed by atoms with E-state index < -0.39 is 0 Å². The van der Waals surface area contributed by atoms with Gasteiger partial charge in [-0.3, -0.25) is 0 Å². The van der Waals surface area contributed by atoms with Crippen LogP contribution in [0, 0.1) is 0 Å². The van der Waals surface area contributed by atoms with Gasteiger partial charge in [0, 0.05) is 16.3 Å². The molecule has 2 rings (SSSR count). The van der Waals surface area contributed by atoms with E-state index in [9.17, 15) is 0 Å². The van der Waals surface area contributed by atoms with Crippen molar-refractivity contribution in [1.82, 2.24) is 0 Å². The lowest BCUT2D eigenvalue weighted by atomic mass is 10.1. The highest BCUT2D eigenvalue weighted by molar-refractivity contribution is 7.10. The summed E-state index contributed by atoms with van der Waals surface area (Å²) in [5.74, 6) is 2.28. The summed E-state index contributed by atoms with van der Waals surface area (Å²) >= 11 is 1.57. The summed E-state index contributed by atoms with van der Waals surface area (Å²) in [5.41, 5.74) is 7.22. The highest BCUT2D eigenvalue weighted by atomic mass is 32.1. The van der Waals surface area contributed by atoms with Crippen LogP contribution in [0.25, 0.3) is 0 Å². The Bertz CT molecular complexity index is 531. The Morgan fingerprint density at radius 3 is 1.95 bits per heavy atom. The van der Waals surface area contributed by atoms with Crippen molar-refractivity contribution in [2.24, 2.45) is 5.73 Å². The van der Waals surface area contributed by atoms with Crippen molar-refractivity contribution < 1.29 is 14.2 Å². The molecule has 0 saturated heterocycles. The van der Waals surface area contributed by atoms with Gasteiger partial charge in [-0.05, 0) is 23.8 Å². The summed E-state index contributed by atoms with van der Waals surface area (Å²) in [4.78, 5) is 1.03. The first kappa shape index (κ1) is 13.7. The van der Waals surface area contributed by atoms with Gasteiger partial charge in [-0.25, -0.2) is 0 Å². The average Bonchev–Trinajstić information content (AvgIpc) is 2.94. The largest absolute Gasteiger partial charge is 0.497 e. The van der Waals surface area contributed by atoms with Gasteiger partial charge in [0.2, 0.25) is 0 Å². The zero-order valence-corrected chi connectivity index (χ0v) is 12.0. The van der Waals surface area contributed by atoms with E-state index in [1.807, 2.05) is 29.6 Å². The van der Waals surface area contributed by atoms with Gasteiger partial charge in [0.25, 0.3) is 0 Å². The van der Waals surface area contributed by atoms with Gasteiger partial charge < -0.3 is 19.9 Å². The molecule has 1 atom stereocenters. The van der Waals surface area contributed by atoms with Gasteiger partial charge in [-0.1, -0.05) is 0 Å². The van der Waals surface area contributed by atoms with E-state index in [4.69, 9.17) is 19.9 Å². The molecule has 19 heavy (non-hydrogen) atoms. The number of rotatable bonds is 5. The molecule has 0 radical (unpaired) electrons. The summed E-state index contributed by atoms with van der Waals surface area (Å²) in [6, 6.07) is 7.38. The van der Waals surface area contributed by atoms with Crippen LogP contribution < -0.4 is 19.9 Å². The maximum Gasteiger partial charge on any atom is 0.129 e. The lowest BCUT2D eigenvalue weighted by Gasteiger charge is -2.13. The first-order valence-corrected chi connectivity index (χ1v) is 6.67. The third-order valence-corrected chi connectivity index (χ3v) is 3.86. The smallest absolute Gasteiger partial charge is 0.129 e. The maximum absolute atomic E-state index is 6.28. The van der Waals surface area contributed by atoms with Crippen LogP contribution >= 0.6 is 11.3 Å². The fourth-order valence-corrected chi connectivity index (χ4v) is 2.66. The monoisotopic (exact) mass is 279 g/mol. The molecule has 0 fully saturated rings. The zero-order chi connectivity index (χ0) is 13.8. The van der Waals surface area contributed by atoms with Crippen LogP contribution in [0.2, 0.25) is 0 Å². The minimum Gasteiger partial charge on any atom is -0.497 e. The summed E-state index contributed by atoms with van der Waals surface area (Å²) in [6.07, 6.45) is 0. The van der Waals surface area contributed by atoms with Crippen molar-refractivity contribution in [3.8, 4) is 17.2 Å². The van der Waals surface area contributed by atoms with E-state index in [1.54, 1.807) is 32.7 Å². The topological polar surface area (TPSA) is 53.7 Å². The Kier molecular flexibility index (Phi) is 4.29. The molecule has 0 aliphatic carbocycles. The first-order chi connectivity index (χ1) is 9.17. The third-order valence-electron chi connectivity index (χ3n) is 2.87. The molecule has 102 valence electrons. The van der Waals surface area contributed by atoms with Gasteiger partial charge in [0.1, 0.15) is 17.2 Å². The normalized spacial score (nSPS) is 12.0. The van der Waals surface area contributed by atoms with Crippen LogP contribution in [-0.2, 0) is 0 Å². The number of methoxy groups -OCH3 is 3. The molecule has 1 aromatic heterocycles. The van der Waals surface area contributed by atoms with Crippen LogP contribution in [0.3, 0.4) is 0 Å². The van der Waals surface area contributed by atoms with E-state index in [0.29, 0.717) is 0 Å². The number of hydrogen-bond donors (Lipinski definition) is 1. The average molecular weight is 279 g/mol. The second-order valence-corrected chi connectivity index (χ2v) is 4.96. The van der Waals surface area contributed by atoms with Crippen LogP contribution in [-0.4, -0.2) is 21.3 Å². The summed E-state index contributed by atoms with van der Waals surface area (Å²) in [6.45, 7) is 0. The molecule has 0 saturated carbocycles. The fraction of sp³-hybridized carbons (Fsp3) is 0.286. The third kappa shape index (κ3) is 3.00. The van der Waals surface area contributed by atoms with Crippen LogP contribution in [0.4, 0.5) is 0 Å². The highest BCUT2D eigenvalue weighted by Gasteiger charge is 2.14. The Hall–Kier alpha value is -1.72. The van der Waals surface area contributed by atoms with E-state index in [1.165, 1.54) is 0 Å². The molecule has 0 amide bonds.